The molecule has 0 heterocycles. The molecule has 0 saturated carbocycles. The summed E-state index contributed by atoms with van der Waals surface area (Å²) in [6, 6.07) is 7.30. The lowest BCUT2D eigenvalue weighted by molar-refractivity contribution is -0.678. The molecule has 0 radical (unpaired) electrons. The summed E-state index contributed by atoms with van der Waals surface area (Å²) in [6.45, 7) is 4.90. The van der Waals surface area contributed by atoms with Crippen LogP contribution in [0.2, 0.25) is 0 Å². The number of quaternary nitrogens is 1. The van der Waals surface area contributed by atoms with Crippen molar-refractivity contribution in [3.05, 3.63) is 43.0 Å². The van der Waals surface area contributed by atoms with Gasteiger partial charge in [0.25, 0.3) is 0 Å². The number of nitrogens with zero attached hydrogens (tertiary/aromatic N) is 2. The molecule has 7 nitrogen and oxygen atoms in total. The normalized spacial score (nSPS) is 12.0. The number of carbonyl (C=O) groups excluding carboxylic acids is 2. The number of nitrogens with one attached hydrogen (secondary N) is 2. The molecule has 1 atom stereocenters. The minimum absolute atomic E-state index is 0.00178. The van der Waals surface area contributed by atoms with Gasteiger partial charge in [-0.1, -0.05) is 35.3 Å². The van der Waals surface area contributed by atoms with E-state index in [9.17, 15) is 9.59 Å². The third kappa shape index (κ3) is 5.12. The van der Waals surface area contributed by atoms with Gasteiger partial charge in [0, 0.05) is 19.0 Å². The molecule has 1 aromatic rings. The summed E-state index contributed by atoms with van der Waals surface area (Å²) < 4.78 is 6.85. The number of rotatable bonds is 5. The molecule has 1 aromatic carbocycles. The summed E-state index contributed by atoms with van der Waals surface area (Å²) in [4.78, 5) is 27.8. The van der Waals surface area contributed by atoms with Crippen molar-refractivity contribution in [1.29, 1.82) is 5.41 Å². The molecule has 26 heavy (non-hydrogen) atoms. The number of amidine groups is 1. The van der Waals surface area contributed by atoms with E-state index in [1.165, 1.54) is 25.1 Å². The van der Waals surface area contributed by atoms with Crippen LogP contribution in [0.3, 0.4) is 0 Å². The van der Waals surface area contributed by atoms with E-state index in [0.29, 0.717) is 0 Å². The van der Waals surface area contributed by atoms with Gasteiger partial charge >= 0.3 is 18.1 Å². The first-order valence-corrected chi connectivity index (χ1v) is 8.56. The van der Waals surface area contributed by atoms with Crippen LogP contribution in [-0.4, -0.2) is 54.7 Å². The van der Waals surface area contributed by atoms with Gasteiger partial charge in [0.05, 0.1) is 0 Å². The monoisotopic (exact) mass is 375 g/mol. The SMILES string of the molecule is C=CCOC(=N)[N+](CC#CC)(C(=O)NSc1ccccc1)C(=O)N(C)C. The number of hydrogen-bond donors (Lipinski definition) is 2. The van der Waals surface area contributed by atoms with Crippen molar-refractivity contribution in [1.82, 2.24) is 9.62 Å². The number of hydrogen-bond acceptors (Lipinski definition) is 5. The molecule has 8 heteroatoms. The van der Waals surface area contributed by atoms with E-state index in [1.54, 1.807) is 6.92 Å². The topological polar surface area (TPSA) is 82.5 Å². The number of carbonyl (C=O) groups is 2. The second kappa shape index (κ2) is 10.3. The minimum Gasteiger partial charge on any atom is -0.432 e. The lowest BCUT2D eigenvalue weighted by Gasteiger charge is -2.30. The quantitative estimate of drug-likeness (QED) is 0.207. The maximum atomic E-state index is 13.0. The Bertz CT molecular complexity index is 725. The summed E-state index contributed by atoms with van der Waals surface area (Å²) in [5, 5.41) is 8.23. The molecule has 4 amide bonds. The maximum Gasteiger partial charge on any atom is 0.445 e. The third-order valence-electron chi connectivity index (χ3n) is 3.23. The molecule has 0 spiro atoms. The van der Waals surface area contributed by atoms with Gasteiger partial charge in [-0.25, -0.2) is 19.7 Å². The number of benzene rings is 1. The van der Waals surface area contributed by atoms with Gasteiger partial charge in [0.15, 0.2) is 6.54 Å². The number of ether oxygens (including phenoxy) is 1. The molecule has 0 aliphatic carbocycles. The second-order valence-corrected chi connectivity index (χ2v) is 6.18. The zero-order valence-electron chi connectivity index (χ0n) is 15.1. The van der Waals surface area contributed by atoms with Crippen molar-refractivity contribution < 1.29 is 18.8 Å². The Morgan fingerprint density at radius 2 is 2.04 bits per heavy atom. The Hall–Kier alpha value is -2.76. The molecule has 0 aliphatic heterocycles. The smallest absolute Gasteiger partial charge is 0.432 e. The van der Waals surface area contributed by atoms with E-state index in [4.69, 9.17) is 10.1 Å². The van der Waals surface area contributed by atoms with Crippen molar-refractivity contribution in [2.75, 3.05) is 27.2 Å². The van der Waals surface area contributed by atoms with E-state index in [0.717, 1.165) is 16.8 Å². The summed E-state index contributed by atoms with van der Waals surface area (Å²) in [5.41, 5.74) is 0. The first-order valence-electron chi connectivity index (χ1n) is 7.75. The predicted octanol–water partition coefficient (Wildman–Crippen LogP) is 3.06. The first kappa shape index (κ1) is 21.3. The Morgan fingerprint density at radius 1 is 1.38 bits per heavy atom. The van der Waals surface area contributed by atoms with Gasteiger partial charge in [-0.3, -0.25) is 4.90 Å². The molecule has 0 aromatic heterocycles. The lowest BCUT2D eigenvalue weighted by Crippen LogP contribution is -2.66. The molecule has 0 aliphatic rings. The van der Waals surface area contributed by atoms with Gasteiger partial charge in [-0.15, -0.1) is 5.92 Å². The van der Waals surface area contributed by atoms with Crippen molar-refractivity contribution in [3.63, 3.8) is 0 Å². The highest BCUT2D eigenvalue weighted by molar-refractivity contribution is 7.98. The Morgan fingerprint density at radius 3 is 2.58 bits per heavy atom. The fraction of sp³-hybridized carbons (Fsp3) is 0.278. The van der Waals surface area contributed by atoms with Crippen LogP contribution >= 0.6 is 11.9 Å². The van der Waals surface area contributed by atoms with Gasteiger partial charge < -0.3 is 4.74 Å². The Balaban J connectivity index is 3.21. The fourth-order valence-electron chi connectivity index (χ4n) is 1.93. The van der Waals surface area contributed by atoms with Crippen LogP contribution in [0.5, 0.6) is 0 Å². The highest BCUT2D eigenvalue weighted by Crippen LogP contribution is 2.19. The molecule has 2 N–H and O–H groups in total. The van der Waals surface area contributed by atoms with Crippen molar-refractivity contribution in [3.8, 4) is 11.8 Å². The Labute approximate surface area is 158 Å². The van der Waals surface area contributed by atoms with Gasteiger partial charge in [-0.2, -0.15) is 0 Å². The number of imide groups is 1. The first-order chi connectivity index (χ1) is 12.4. The van der Waals surface area contributed by atoms with Crippen LogP contribution in [0.25, 0.3) is 0 Å². The fourth-order valence-corrected chi connectivity index (χ4v) is 2.59. The summed E-state index contributed by atoms with van der Waals surface area (Å²) in [5.74, 6) is 5.38. The molecule has 138 valence electrons. The van der Waals surface area contributed by atoms with Gasteiger partial charge in [-0.05, 0) is 36.9 Å². The number of urea groups is 2. The average Bonchev–Trinajstić information content (AvgIpc) is 2.65. The molecule has 0 bridgehead atoms. The predicted molar refractivity (Wildman–Crippen MR) is 102 cm³/mol. The lowest BCUT2D eigenvalue weighted by atomic mass is 10.4. The van der Waals surface area contributed by atoms with Crippen molar-refractivity contribution >= 4 is 30.0 Å². The summed E-state index contributed by atoms with van der Waals surface area (Å²) in [7, 11) is 3.01. The van der Waals surface area contributed by atoms with E-state index in [-0.39, 0.29) is 13.2 Å². The van der Waals surface area contributed by atoms with E-state index >= 15 is 0 Å². The highest BCUT2D eigenvalue weighted by atomic mass is 32.2. The zero-order chi connectivity index (χ0) is 19.6. The van der Waals surface area contributed by atoms with Crippen LogP contribution in [0.1, 0.15) is 6.92 Å². The van der Waals surface area contributed by atoms with Crippen LogP contribution < -0.4 is 4.72 Å². The van der Waals surface area contributed by atoms with Crippen molar-refractivity contribution in [2.45, 2.75) is 11.8 Å². The molecular formula is C18H23N4O3S+. The van der Waals surface area contributed by atoms with E-state index in [2.05, 4.69) is 23.1 Å². The average molecular weight is 375 g/mol. The van der Waals surface area contributed by atoms with Crippen LogP contribution in [0.4, 0.5) is 9.59 Å². The molecular weight excluding hydrogens is 352 g/mol. The summed E-state index contributed by atoms with van der Waals surface area (Å²) >= 11 is 1.05. The third-order valence-corrected chi connectivity index (χ3v) is 4.02. The van der Waals surface area contributed by atoms with E-state index in [1.807, 2.05) is 30.3 Å². The second-order valence-electron chi connectivity index (χ2n) is 5.30. The molecule has 1 rings (SSSR count). The van der Waals surface area contributed by atoms with Crippen LogP contribution in [0, 0.1) is 17.3 Å². The Kier molecular flexibility index (Phi) is 8.42. The standard InChI is InChI=1S/C18H22N4O3S/c1-5-7-13-22(18(24)21(3)4,16(19)25-14-6-2)17(23)20-26-15-11-9-8-10-12-15/h6,8-12,19H,2,13-14H2,1,3-4H3/p+1. The molecule has 0 fully saturated rings. The van der Waals surface area contributed by atoms with Crippen LogP contribution in [0.15, 0.2) is 47.9 Å². The summed E-state index contributed by atoms with van der Waals surface area (Å²) in [6.07, 6.45) is 1.44. The largest absolute Gasteiger partial charge is 0.445 e. The van der Waals surface area contributed by atoms with E-state index < -0.39 is 22.6 Å². The maximum absolute atomic E-state index is 13.0. The van der Waals surface area contributed by atoms with Crippen molar-refractivity contribution in [2.24, 2.45) is 0 Å². The van der Waals surface area contributed by atoms with Gasteiger partial charge in [0.2, 0.25) is 0 Å². The van der Waals surface area contributed by atoms with Crippen LogP contribution in [-0.2, 0) is 4.74 Å². The molecule has 0 saturated heterocycles. The number of amides is 4. The van der Waals surface area contributed by atoms with Gasteiger partial charge in [0.1, 0.15) is 6.61 Å². The zero-order valence-corrected chi connectivity index (χ0v) is 15.9. The minimum atomic E-state index is -1.03. The highest BCUT2D eigenvalue weighted by Gasteiger charge is 2.53. The molecule has 1 unspecified atom stereocenters.